The predicted octanol–water partition coefficient (Wildman–Crippen LogP) is 6.43. The maximum absolute atomic E-state index is 4.81. The van der Waals surface area contributed by atoms with Gasteiger partial charge in [-0.15, -0.1) is 9.13 Å². The second-order valence-corrected chi connectivity index (χ2v) is 11.4. The summed E-state index contributed by atoms with van der Waals surface area (Å²) in [7, 11) is 0. The summed E-state index contributed by atoms with van der Waals surface area (Å²) in [4.78, 5) is 17.9. The molecule has 0 saturated heterocycles. The Bertz CT molecular complexity index is 1720. The summed E-state index contributed by atoms with van der Waals surface area (Å²) in [5.41, 5.74) is 11.6. The topological polar surface area (TPSA) is 59.3 Å². The fraction of sp³-hybridized carbons (Fsp3) is 0.211. The van der Waals surface area contributed by atoms with Crippen LogP contribution in [0.2, 0.25) is 0 Å². The average molecular weight is 579 g/mol. The molecular weight excluding hydrogens is 540 g/mol. The number of hydrogen-bond acceptors (Lipinski definition) is 4. The van der Waals surface area contributed by atoms with Gasteiger partial charge in [0.15, 0.2) is 12.4 Å². The van der Waals surface area contributed by atoms with E-state index in [1.807, 2.05) is 49.3 Å². The van der Waals surface area contributed by atoms with Crippen LogP contribution >= 0.6 is 0 Å². The highest BCUT2D eigenvalue weighted by molar-refractivity contribution is 5.53. The van der Waals surface area contributed by atoms with Crippen LogP contribution in [0, 0.1) is 13.8 Å². The number of nitrogens with zero attached hydrogens (tertiary/aromatic N) is 6. The molecular formula is C38H38N6+2. The van der Waals surface area contributed by atoms with Crippen molar-refractivity contribution in [3.8, 4) is 22.8 Å². The highest BCUT2D eigenvalue weighted by atomic mass is 15.2. The van der Waals surface area contributed by atoms with Gasteiger partial charge in [0.2, 0.25) is 11.4 Å². The molecule has 0 atom stereocenters. The van der Waals surface area contributed by atoms with Crippen molar-refractivity contribution in [1.29, 1.82) is 0 Å². The minimum Gasteiger partial charge on any atom is -0.265 e. The molecule has 0 radical (unpaired) electrons. The van der Waals surface area contributed by atoms with Crippen molar-refractivity contribution in [2.45, 2.75) is 52.6 Å². The smallest absolute Gasteiger partial charge is 0.265 e. The van der Waals surface area contributed by atoms with Gasteiger partial charge in [0.25, 0.3) is 0 Å². The van der Waals surface area contributed by atoms with Crippen LogP contribution in [0.4, 0.5) is 0 Å². The third kappa shape index (κ3) is 6.92. The normalized spacial score (nSPS) is 11.2. The Hall–Kier alpha value is -5.10. The summed E-state index contributed by atoms with van der Waals surface area (Å²) in [5.74, 6) is 0. The summed E-state index contributed by atoms with van der Waals surface area (Å²) in [5, 5.41) is 0. The second kappa shape index (κ2) is 13.5. The summed E-state index contributed by atoms with van der Waals surface area (Å²) in [6, 6.07) is 25.9. The van der Waals surface area contributed by atoms with Crippen LogP contribution in [0.15, 0.2) is 122 Å². The van der Waals surface area contributed by atoms with Crippen molar-refractivity contribution < 1.29 is 9.13 Å². The Morgan fingerprint density at radius 3 is 1.32 bits per heavy atom. The van der Waals surface area contributed by atoms with Crippen LogP contribution in [-0.4, -0.2) is 19.9 Å². The number of rotatable bonds is 10. The van der Waals surface area contributed by atoms with E-state index in [1.54, 1.807) is 0 Å². The molecule has 6 nitrogen and oxygen atoms in total. The van der Waals surface area contributed by atoms with Gasteiger partial charge in [0.05, 0.1) is 6.92 Å². The molecule has 0 aliphatic carbocycles. The Kier molecular flexibility index (Phi) is 8.87. The third-order valence-electron chi connectivity index (χ3n) is 8.16. The van der Waals surface area contributed by atoms with E-state index in [4.69, 9.17) is 9.97 Å². The van der Waals surface area contributed by atoms with Crippen molar-refractivity contribution in [3.63, 3.8) is 0 Å². The first-order valence-corrected chi connectivity index (χ1v) is 15.3. The van der Waals surface area contributed by atoms with E-state index >= 15 is 0 Å². The lowest BCUT2D eigenvalue weighted by molar-refractivity contribution is -0.931. The average Bonchev–Trinajstić information content (AvgIpc) is 3.07. The predicted molar refractivity (Wildman–Crippen MR) is 173 cm³/mol. The maximum Gasteiger partial charge on any atom is 0.350 e. The molecule has 0 amide bonds. The van der Waals surface area contributed by atoms with E-state index in [0.29, 0.717) is 0 Å². The zero-order chi connectivity index (χ0) is 30.3. The van der Waals surface area contributed by atoms with E-state index < -0.39 is 0 Å². The molecule has 0 N–H and O–H groups in total. The molecule has 0 aliphatic rings. The molecule has 6 rings (SSSR count). The molecule has 6 heteroatoms. The molecule has 6 heterocycles. The lowest BCUT2D eigenvalue weighted by Gasteiger charge is -2.13. The standard InChI is InChI=1S/C38H38N6/c1-28-8-20-41-35(24-28)37-26-33(6-4-31-10-16-39-17-11-31)14-22-43(37)30(3)44-23-15-34(7-5-32-12-18-40-19-13-32)27-38(44)36-25-29(2)9-21-42-36/h8-27,30H,4-7H2,1-3H3/q+2. The molecule has 0 saturated carbocycles. The summed E-state index contributed by atoms with van der Waals surface area (Å²) in [6.45, 7) is 6.48. The number of pyridine rings is 6. The van der Waals surface area contributed by atoms with Crippen molar-refractivity contribution in [3.05, 3.63) is 156 Å². The second-order valence-electron chi connectivity index (χ2n) is 11.4. The van der Waals surface area contributed by atoms with Gasteiger partial charge < -0.3 is 0 Å². The van der Waals surface area contributed by atoms with Crippen LogP contribution in [0.1, 0.15) is 46.5 Å². The summed E-state index contributed by atoms with van der Waals surface area (Å²) >= 11 is 0. The Morgan fingerprint density at radius 2 is 0.909 bits per heavy atom. The SMILES string of the molecule is Cc1ccnc(-c2cc(CCc3ccncc3)cc[n+]2C(C)[n+]2ccc(CCc3ccncc3)cc2-c2cc(C)ccn2)c1. The first-order valence-electron chi connectivity index (χ1n) is 15.3. The van der Waals surface area contributed by atoms with Crippen LogP contribution in [0.5, 0.6) is 0 Å². The van der Waals surface area contributed by atoms with Crippen LogP contribution in [0.3, 0.4) is 0 Å². The first kappa shape index (κ1) is 29.0. The van der Waals surface area contributed by atoms with Gasteiger partial charge in [-0.3, -0.25) is 9.97 Å². The zero-order valence-corrected chi connectivity index (χ0v) is 25.6. The Labute approximate surface area is 259 Å². The molecule has 0 bridgehead atoms. The molecule has 0 fully saturated rings. The van der Waals surface area contributed by atoms with Gasteiger partial charge in [-0.05, 0) is 121 Å². The first-order chi connectivity index (χ1) is 21.5. The molecule has 0 spiro atoms. The Balaban J connectivity index is 1.39. The molecule has 44 heavy (non-hydrogen) atoms. The quantitative estimate of drug-likeness (QED) is 0.176. The van der Waals surface area contributed by atoms with E-state index in [-0.39, 0.29) is 6.17 Å². The number of hydrogen-bond donors (Lipinski definition) is 0. The third-order valence-corrected chi connectivity index (χ3v) is 8.16. The lowest BCUT2D eigenvalue weighted by atomic mass is 10.0. The van der Waals surface area contributed by atoms with E-state index in [2.05, 4.69) is 113 Å². The van der Waals surface area contributed by atoms with Crippen LogP contribution in [0.25, 0.3) is 22.8 Å². The number of aromatic nitrogens is 6. The molecule has 6 aromatic heterocycles. The number of aryl methyl sites for hydroxylation is 6. The minimum atomic E-state index is -0.0341. The lowest BCUT2D eigenvalue weighted by Crippen LogP contribution is -2.57. The van der Waals surface area contributed by atoms with Gasteiger partial charge in [-0.1, -0.05) is 0 Å². The zero-order valence-electron chi connectivity index (χ0n) is 25.6. The largest absolute Gasteiger partial charge is 0.350 e. The van der Waals surface area contributed by atoms with Crippen LogP contribution < -0.4 is 9.13 Å². The van der Waals surface area contributed by atoms with E-state index in [9.17, 15) is 0 Å². The molecule has 0 aromatic carbocycles. The van der Waals surface area contributed by atoms with Gasteiger partial charge in [-0.2, -0.15) is 0 Å². The van der Waals surface area contributed by atoms with Gasteiger partial charge in [-0.25, -0.2) is 9.97 Å². The molecule has 218 valence electrons. The minimum absolute atomic E-state index is 0.0341. The highest BCUT2D eigenvalue weighted by Gasteiger charge is 2.31. The van der Waals surface area contributed by atoms with E-state index in [1.165, 1.54) is 33.4 Å². The molecule has 0 unspecified atom stereocenters. The summed E-state index contributed by atoms with van der Waals surface area (Å²) < 4.78 is 4.65. The fourth-order valence-electron chi connectivity index (χ4n) is 5.65. The molecule has 0 aliphatic heterocycles. The monoisotopic (exact) mass is 578 g/mol. The summed E-state index contributed by atoms with van der Waals surface area (Å²) in [6.07, 6.45) is 19.4. The van der Waals surface area contributed by atoms with Crippen molar-refractivity contribution in [2.75, 3.05) is 0 Å². The molecule has 6 aromatic rings. The highest BCUT2D eigenvalue weighted by Crippen LogP contribution is 2.21. The van der Waals surface area contributed by atoms with Crippen molar-refractivity contribution in [2.24, 2.45) is 0 Å². The van der Waals surface area contributed by atoms with Crippen LogP contribution in [-0.2, 0) is 25.7 Å². The van der Waals surface area contributed by atoms with Gasteiger partial charge >= 0.3 is 6.17 Å². The van der Waals surface area contributed by atoms with Gasteiger partial charge in [0, 0.05) is 61.4 Å². The van der Waals surface area contributed by atoms with Crippen molar-refractivity contribution >= 4 is 0 Å². The van der Waals surface area contributed by atoms with E-state index in [0.717, 1.165) is 48.5 Å². The Morgan fingerprint density at radius 1 is 0.500 bits per heavy atom. The van der Waals surface area contributed by atoms with Crippen molar-refractivity contribution in [1.82, 2.24) is 19.9 Å². The maximum atomic E-state index is 4.81. The van der Waals surface area contributed by atoms with Gasteiger partial charge in [0.1, 0.15) is 11.4 Å². The fourth-order valence-corrected chi connectivity index (χ4v) is 5.65.